The van der Waals surface area contributed by atoms with Crippen LogP contribution in [0.5, 0.6) is 5.75 Å². The molecular formula is C32H33NO5S. The second kappa shape index (κ2) is 10.7. The van der Waals surface area contributed by atoms with Gasteiger partial charge < -0.3 is 9.52 Å². The van der Waals surface area contributed by atoms with E-state index in [1.165, 1.54) is 17.7 Å². The van der Waals surface area contributed by atoms with Crippen LogP contribution in [0.2, 0.25) is 0 Å². The highest BCUT2D eigenvalue weighted by Gasteiger charge is 2.38. The van der Waals surface area contributed by atoms with E-state index in [1.807, 2.05) is 44.2 Å². The Morgan fingerprint density at radius 3 is 2.15 bits per heavy atom. The van der Waals surface area contributed by atoms with Crippen LogP contribution >= 0.6 is 0 Å². The molecule has 1 unspecified atom stereocenters. The van der Waals surface area contributed by atoms with Crippen LogP contribution in [0.25, 0.3) is 0 Å². The van der Waals surface area contributed by atoms with Gasteiger partial charge in [0.25, 0.3) is 10.0 Å². The molecule has 7 heteroatoms. The molecule has 1 saturated carbocycles. The molecule has 202 valence electrons. The first kappa shape index (κ1) is 26.8. The molecule has 0 bridgehead atoms. The Morgan fingerprint density at radius 1 is 0.949 bits per heavy atom. The standard InChI is InChI=1S/C32H33NO5S/c1-32(2,20-19-22-9-5-3-6-10-22)28-21-27(34)30(31(35)38-28)29(23-13-14-23)24-15-17-25(18-16-24)33-39(36,37)26-11-7-4-8-12-26/h3-12,15-18,21,23,29,33-34H,13-14,19-20H2,1-2H3. The summed E-state index contributed by atoms with van der Waals surface area (Å²) in [5.74, 6) is 0.287. The fourth-order valence-corrected chi connectivity index (χ4v) is 6.09. The average Bonchev–Trinajstić information content (AvgIpc) is 3.76. The molecule has 1 heterocycles. The first-order valence-electron chi connectivity index (χ1n) is 13.2. The lowest BCUT2D eigenvalue weighted by Gasteiger charge is -2.25. The van der Waals surface area contributed by atoms with Crippen molar-refractivity contribution in [2.24, 2.45) is 5.92 Å². The van der Waals surface area contributed by atoms with Gasteiger partial charge in [0.1, 0.15) is 11.5 Å². The SMILES string of the molecule is CC(C)(CCc1ccccc1)c1cc(O)c(C(c2ccc(NS(=O)(=O)c3ccccc3)cc2)C2CC2)c(=O)o1. The van der Waals surface area contributed by atoms with E-state index in [0.717, 1.165) is 31.2 Å². The maximum Gasteiger partial charge on any atom is 0.343 e. The summed E-state index contributed by atoms with van der Waals surface area (Å²) in [6.45, 7) is 4.03. The van der Waals surface area contributed by atoms with Crippen molar-refractivity contribution >= 4 is 15.7 Å². The maximum atomic E-state index is 13.3. The number of hydrogen-bond donors (Lipinski definition) is 2. The van der Waals surface area contributed by atoms with Crippen molar-refractivity contribution in [3.8, 4) is 5.75 Å². The highest BCUT2D eigenvalue weighted by atomic mass is 32.2. The van der Waals surface area contributed by atoms with Crippen LogP contribution in [0.4, 0.5) is 5.69 Å². The molecular weight excluding hydrogens is 510 g/mol. The normalized spacial score (nSPS) is 14.6. The molecule has 1 aliphatic carbocycles. The lowest BCUT2D eigenvalue weighted by atomic mass is 9.82. The number of sulfonamides is 1. The first-order chi connectivity index (χ1) is 18.6. The molecule has 4 aromatic rings. The molecule has 1 atom stereocenters. The molecule has 1 aliphatic rings. The third-order valence-corrected chi connectivity index (χ3v) is 8.89. The Morgan fingerprint density at radius 2 is 1.56 bits per heavy atom. The predicted octanol–water partition coefficient (Wildman–Crippen LogP) is 6.60. The van der Waals surface area contributed by atoms with Crippen LogP contribution in [-0.2, 0) is 21.9 Å². The van der Waals surface area contributed by atoms with Gasteiger partial charge in [0.05, 0.1) is 10.5 Å². The largest absolute Gasteiger partial charge is 0.507 e. The lowest BCUT2D eigenvalue weighted by Crippen LogP contribution is -2.23. The zero-order valence-electron chi connectivity index (χ0n) is 22.1. The van der Waals surface area contributed by atoms with Crippen molar-refractivity contribution < 1.29 is 17.9 Å². The highest BCUT2D eigenvalue weighted by Crippen LogP contribution is 2.48. The number of rotatable bonds is 10. The summed E-state index contributed by atoms with van der Waals surface area (Å²) < 4.78 is 33.8. The summed E-state index contributed by atoms with van der Waals surface area (Å²) in [6.07, 6.45) is 3.46. The van der Waals surface area contributed by atoms with Gasteiger partial charge in [-0.1, -0.05) is 74.5 Å². The van der Waals surface area contributed by atoms with E-state index in [1.54, 1.807) is 36.4 Å². The second-order valence-electron chi connectivity index (χ2n) is 10.9. The minimum atomic E-state index is -3.71. The van der Waals surface area contributed by atoms with Gasteiger partial charge in [0.15, 0.2) is 0 Å². The van der Waals surface area contributed by atoms with Crippen LogP contribution < -0.4 is 10.3 Å². The van der Waals surface area contributed by atoms with E-state index in [4.69, 9.17) is 4.42 Å². The number of aromatic hydroxyl groups is 1. The smallest absolute Gasteiger partial charge is 0.343 e. The van der Waals surface area contributed by atoms with Gasteiger partial charge in [-0.25, -0.2) is 13.2 Å². The summed E-state index contributed by atoms with van der Waals surface area (Å²) in [5.41, 5.74) is 1.75. The Bertz CT molecular complexity index is 1590. The van der Waals surface area contributed by atoms with Gasteiger partial charge in [-0.15, -0.1) is 0 Å². The van der Waals surface area contributed by atoms with Crippen molar-refractivity contribution in [1.82, 2.24) is 0 Å². The number of nitrogens with one attached hydrogen (secondary N) is 1. The van der Waals surface area contributed by atoms with Crippen LogP contribution in [0.1, 0.15) is 61.5 Å². The number of benzene rings is 3. The summed E-state index contributed by atoms with van der Waals surface area (Å²) in [5, 5.41) is 11.1. The van der Waals surface area contributed by atoms with E-state index < -0.39 is 21.1 Å². The minimum absolute atomic E-state index is 0.0557. The molecule has 0 saturated heterocycles. The zero-order chi connectivity index (χ0) is 27.6. The zero-order valence-corrected chi connectivity index (χ0v) is 22.9. The predicted molar refractivity (Wildman–Crippen MR) is 153 cm³/mol. The Labute approximate surface area is 229 Å². The Balaban J connectivity index is 1.38. The van der Waals surface area contributed by atoms with Gasteiger partial charge in [-0.2, -0.15) is 0 Å². The van der Waals surface area contributed by atoms with E-state index in [9.17, 15) is 18.3 Å². The summed E-state index contributed by atoms with van der Waals surface area (Å²) in [6, 6.07) is 26.9. The van der Waals surface area contributed by atoms with E-state index in [2.05, 4.69) is 16.9 Å². The van der Waals surface area contributed by atoms with Gasteiger partial charge in [-0.05, 0) is 67.0 Å². The molecule has 0 spiro atoms. The molecule has 1 aromatic heterocycles. The highest BCUT2D eigenvalue weighted by molar-refractivity contribution is 7.92. The molecule has 3 aromatic carbocycles. The van der Waals surface area contributed by atoms with Crippen LogP contribution in [0.15, 0.2) is 105 Å². The first-order valence-corrected chi connectivity index (χ1v) is 14.7. The summed E-state index contributed by atoms with van der Waals surface area (Å²) in [7, 11) is -3.71. The third kappa shape index (κ3) is 6.09. The molecule has 2 N–H and O–H groups in total. The van der Waals surface area contributed by atoms with Gasteiger partial charge in [0.2, 0.25) is 0 Å². The van der Waals surface area contributed by atoms with Crippen LogP contribution in [-0.4, -0.2) is 13.5 Å². The molecule has 0 radical (unpaired) electrons. The van der Waals surface area contributed by atoms with Crippen molar-refractivity contribution in [3.63, 3.8) is 0 Å². The number of hydrogen-bond acceptors (Lipinski definition) is 5. The topological polar surface area (TPSA) is 96.6 Å². The minimum Gasteiger partial charge on any atom is -0.507 e. The average molecular weight is 544 g/mol. The fraction of sp³-hybridized carbons (Fsp3) is 0.281. The second-order valence-corrected chi connectivity index (χ2v) is 12.6. The lowest BCUT2D eigenvalue weighted by molar-refractivity contribution is 0.325. The number of aryl methyl sites for hydroxylation is 1. The molecule has 0 aliphatic heterocycles. The van der Waals surface area contributed by atoms with Crippen molar-refractivity contribution in [1.29, 1.82) is 0 Å². The third-order valence-electron chi connectivity index (χ3n) is 7.49. The van der Waals surface area contributed by atoms with E-state index in [0.29, 0.717) is 11.4 Å². The summed E-state index contributed by atoms with van der Waals surface area (Å²) >= 11 is 0. The van der Waals surface area contributed by atoms with Crippen molar-refractivity contribution in [2.75, 3.05) is 4.72 Å². The maximum absolute atomic E-state index is 13.3. The molecule has 5 rings (SSSR count). The molecule has 39 heavy (non-hydrogen) atoms. The van der Waals surface area contributed by atoms with Crippen LogP contribution in [0, 0.1) is 5.92 Å². The number of anilines is 1. The van der Waals surface area contributed by atoms with E-state index in [-0.39, 0.29) is 28.0 Å². The summed E-state index contributed by atoms with van der Waals surface area (Å²) in [4.78, 5) is 13.5. The molecule has 6 nitrogen and oxygen atoms in total. The van der Waals surface area contributed by atoms with Crippen molar-refractivity contribution in [3.05, 3.63) is 124 Å². The van der Waals surface area contributed by atoms with E-state index >= 15 is 0 Å². The fourth-order valence-electron chi connectivity index (χ4n) is 5.01. The van der Waals surface area contributed by atoms with Gasteiger partial charge >= 0.3 is 5.63 Å². The Hall–Kier alpha value is -3.84. The quantitative estimate of drug-likeness (QED) is 0.235. The van der Waals surface area contributed by atoms with Gasteiger partial charge in [0, 0.05) is 23.1 Å². The molecule has 0 amide bonds. The van der Waals surface area contributed by atoms with Gasteiger partial charge in [-0.3, -0.25) is 4.72 Å². The monoisotopic (exact) mass is 543 g/mol. The Kier molecular flexibility index (Phi) is 7.36. The van der Waals surface area contributed by atoms with Crippen LogP contribution in [0.3, 0.4) is 0 Å². The van der Waals surface area contributed by atoms with Crippen molar-refractivity contribution in [2.45, 2.75) is 55.8 Å². The molecule has 1 fully saturated rings.